The zero-order valence-corrected chi connectivity index (χ0v) is 20.4. The predicted molar refractivity (Wildman–Crippen MR) is 128 cm³/mol. The van der Waals surface area contributed by atoms with Crippen LogP contribution in [-0.4, -0.2) is 37.8 Å². The Morgan fingerprint density at radius 3 is 2.62 bits per heavy atom. The van der Waals surface area contributed by atoms with Gasteiger partial charge < -0.3 is 10.2 Å². The highest BCUT2D eigenvalue weighted by atomic mass is 35.5. The van der Waals surface area contributed by atoms with Crippen LogP contribution in [0.5, 0.6) is 0 Å². The van der Waals surface area contributed by atoms with Gasteiger partial charge in [0.15, 0.2) is 5.13 Å². The third-order valence-corrected chi connectivity index (χ3v) is 8.00. The molecule has 32 heavy (non-hydrogen) atoms. The highest BCUT2D eigenvalue weighted by Gasteiger charge is 2.27. The second-order valence-electron chi connectivity index (χ2n) is 7.59. The van der Waals surface area contributed by atoms with Crippen LogP contribution in [0.25, 0.3) is 0 Å². The van der Waals surface area contributed by atoms with E-state index in [0.29, 0.717) is 20.2 Å². The number of fused-ring (bicyclic) bond motifs is 1. The zero-order valence-electron chi connectivity index (χ0n) is 17.2. The van der Waals surface area contributed by atoms with Gasteiger partial charge in [-0.15, -0.1) is 0 Å². The van der Waals surface area contributed by atoms with Gasteiger partial charge in [0.2, 0.25) is 5.91 Å². The summed E-state index contributed by atoms with van der Waals surface area (Å²) in [5.41, 5.74) is 3.07. The first kappa shape index (κ1) is 23.0. The number of aromatic nitrogens is 1. The standard InChI is InChI=1S/C21H20Cl2N4O3S2/c1-12(28)25-21-24-9-20(31-21)26-32(29,30)15-5-3-13(4-6-15)17-10-27(2)11-18-16(17)7-14(22)8-19(18)23/h3-9,17,26H,10-11H2,1-2H3,(H,24,25,28). The number of carbonyl (C=O) groups excluding carboxylic acids is 1. The van der Waals surface area contributed by atoms with Gasteiger partial charge >= 0.3 is 0 Å². The maximum Gasteiger partial charge on any atom is 0.262 e. The number of hydrogen-bond donors (Lipinski definition) is 2. The molecule has 0 radical (unpaired) electrons. The summed E-state index contributed by atoms with van der Waals surface area (Å²) in [4.78, 5) is 17.4. The summed E-state index contributed by atoms with van der Waals surface area (Å²) in [5.74, 6) is -0.256. The molecule has 0 bridgehead atoms. The van der Waals surface area contributed by atoms with Crippen LogP contribution in [0, 0.1) is 0 Å². The SMILES string of the molecule is CC(=O)Nc1ncc(NS(=O)(=O)c2ccc(C3CN(C)Cc4c(Cl)cc(Cl)cc43)cc2)s1. The Morgan fingerprint density at radius 1 is 1.22 bits per heavy atom. The minimum atomic E-state index is -3.81. The summed E-state index contributed by atoms with van der Waals surface area (Å²) < 4.78 is 28.1. The van der Waals surface area contributed by atoms with Crippen LogP contribution in [0.2, 0.25) is 10.0 Å². The number of halogens is 2. The lowest BCUT2D eigenvalue weighted by Gasteiger charge is -2.33. The molecule has 1 unspecified atom stereocenters. The Labute approximate surface area is 200 Å². The summed E-state index contributed by atoms with van der Waals surface area (Å²) in [5, 5.41) is 4.37. The summed E-state index contributed by atoms with van der Waals surface area (Å²) in [6.07, 6.45) is 1.37. The molecular formula is C21H20Cl2N4O3S2. The molecule has 1 aliphatic rings. The zero-order chi connectivity index (χ0) is 23.0. The van der Waals surface area contributed by atoms with Crippen LogP contribution in [0.4, 0.5) is 10.1 Å². The van der Waals surface area contributed by atoms with Crippen LogP contribution >= 0.6 is 34.5 Å². The molecule has 4 rings (SSSR count). The number of sulfonamides is 1. The van der Waals surface area contributed by atoms with Crippen molar-refractivity contribution in [3.05, 3.63) is 69.3 Å². The number of rotatable bonds is 5. The average molecular weight is 511 g/mol. The number of hydrogen-bond acceptors (Lipinski definition) is 6. The summed E-state index contributed by atoms with van der Waals surface area (Å²) in [7, 11) is -1.78. The van der Waals surface area contributed by atoms with Gasteiger partial charge in [0, 0.05) is 36.0 Å². The van der Waals surface area contributed by atoms with Crippen LogP contribution in [-0.2, 0) is 21.4 Å². The molecule has 168 valence electrons. The molecule has 0 saturated heterocycles. The Bertz CT molecular complexity index is 1280. The largest absolute Gasteiger partial charge is 0.302 e. The average Bonchev–Trinajstić information content (AvgIpc) is 3.13. The lowest BCUT2D eigenvalue weighted by atomic mass is 9.85. The first-order valence-electron chi connectivity index (χ1n) is 9.65. The van der Waals surface area contributed by atoms with E-state index in [9.17, 15) is 13.2 Å². The van der Waals surface area contributed by atoms with Crippen molar-refractivity contribution in [1.29, 1.82) is 0 Å². The first-order valence-corrected chi connectivity index (χ1v) is 12.7. The molecule has 1 aromatic heterocycles. The van der Waals surface area contributed by atoms with Crippen LogP contribution in [0.1, 0.15) is 29.5 Å². The van der Waals surface area contributed by atoms with E-state index in [4.69, 9.17) is 23.2 Å². The molecule has 2 aromatic carbocycles. The smallest absolute Gasteiger partial charge is 0.262 e. The molecular weight excluding hydrogens is 491 g/mol. The monoisotopic (exact) mass is 510 g/mol. The molecule has 0 spiro atoms. The van der Waals surface area contributed by atoms with E-state index >= 15 is 0 Å². The molecule has 1 atom stereocenters. The van der Waals surface area contributed by atoms with Crippen molar-refractivity contribution in [3.63, 3.8) is 0 Å². The van der Waals surface area contributed by atoms with E-state index in [2.05, 4.69) is 19.9 Å². The third-order valence-electron chi connectivity index (χ3n) is 5.11. The number of nitrogens with one attached hydrogen (secondary N) is 2. The van der Waals surface area contributed by atoms with Gasteiger partial charge in [-0.25, -0.2) is 13.4 Å². The molecule has 0 fully saturated rings. The highest BCUT2D eigenvalue weighted by molar-refractivity contribution is 7.93. The normalized spacial score (nSPS) is 16.4. The van der Waals surface area contributed by atoms with Crippen molar-refractivity contribution in [1.82, 2.24) is 9.88 Å². The van der Waals surface area contributed by atoms with Crippen LogP contribution in [0.15, 0.2) is 47.5 Å². The molecule has 7 nitrogen and oxygen atoms in total. The summed E-state index contributed by atoms with van der Waals surface area (Å²) in [6, 6.07) is 10.5. The van der Waals surface area contributed by atoms with Crippen LogP contribution in [0.3, 0.4) is 0 Å². The van der Waals surface area contributed by atoms with Gasteiger partial charge in [-0.3, -0.25) is 9.52 Å². The minimum Gasteiger partial charge on any atom is -0.302 e. The maximum absolute atomic E-state index is 12.8. The fraction of sp³-hybridized carbons (Fsp3) is 0.238. The number of thiazole rings is 1. The van der Waals surface area contributed by atoms with Gasteiger partial charge in [-0.1, -0.05) is 46.7 Å². The number of carbonyl (C=O) groups is 1. The van der Waals surface area contributed by atoms with Gasteiger partial charge in [0.25, 0.3) is 10.0 Å². The van der Waals surface area contributed by atoms with Gasteiger partial charge in [0.05, 0.1) is 11.1 Å². The molecule has 1 aliphatic heterocycles. The maximum atomic E-state index is 12.8. The van der Waals surface area contributed by atoms with Crippen LogP contribution < -0.4 is 10.0 Å². The fourth-order valence-corrected chi connectivity index (χ4v) is 6.34. The number of benzene rings is 2. The minimum absolute atomic E-state index is 0.0198. The number of amides is 1. The van der Waals surface area contributed by atoms with E-state index in [1.165, 1.54) is 13.1 Å². The number of nitrogens with zero attached hydrogens (tertiary/aromatic N) is 2. The van der Waals surface area contributed by atoms with E-state index in [0.717, 1.165) is 41.1 Å². The lowest BCUT2D eigenvalue weighted by molar-refractivity contribution is -0.114. The molecule has 0 aliphatic carbocycles. The topological polar surface area (TPSA) is 91.4 Å². The second-order valence-corrected chi connectivity index (χ2v) is 11.1. The van der Waals surface area contributed by atoms with E-state index in [1.54, 1.807) is 18.2 Å². The number of likely N-dealkylation sites (N-methyl/N-ethyl adjacent to an activating group) is 1. The van der Waals surface area contributed by atoms with Crippen molar-refractivity contribution in [3.8, 4) is 0 Å². The fourth-order valence-electron chi connectivity index (χ4n) is 3.73. The van der Waals surface area contributed by atoms with Crippen molar-refractivity contribution in [2.24, 2.45) is 0 Å². The molecule has 2 N–H and O–H groups in total. The molecule has 3 aromatic rings. The Morgan fingerprint density at radius 2 is 1.94 bits per heavy atom. The predicted octanol–water partition coefficient (Wildman–Crippen LogP) is 4.79. The van der Waals surface area contributed by atoms with E-state index in [-0.39, 0.29) is 16.7 Å². The molecule has 2 heterocycles. The van der Waals surface area contributed by atoms with Gasteiger partial charge in [-0.05, 0) is 48.0 Å². The summed E-state index contributed by atoms with van der Waals surface area (Å²) >= 11 is 13.7. The van der Waals surface area contributed by atoms with Crippen molar-refractivity contribution in [2.45, 2.75) is 24.3 Å². The van der Waals surface area contributed by atoms with E-state index < -0.39 is 10.0 Å². The Hall–Kier alpha value is -2.17. The van der Waals surface area contributed by atoms with Crippen molar-refractivity contribution in [2.75, 3.05) is 23.6 Å². The van der Waals surface area contributed by atoms with Gasteiger partial charge in [-0.2, -0.15) is 0 Å². The Kier molecular flexibility index (Phi) is 6.46. The van der Waals surface area contributed by atoms with Crippen molar-refractivity contribution >= 4 is 60.6 Å². The Balaban J connectivity index is 1.58. The van der Waals surface area contributed by atoms with E-state index in [1.807, 2.05) is 25.2 Å². The van der Waals surface area contributed by atoms with Gasteiger partial charge in [0.1, 0.15) is 5.00 Å². The van der Waals surface area contributed by atoms with Crippen molar-refractivity contribution < 1.29 is 13.2 Å². The number of anilines is 2. The molecule has 0 saturated carbocycles. The third kappa shape index (κ3) is 4.92. The molecule has 11 heteroatoms. The summed E-state index contributed by atoms with van der Waals surface area (Å²) in [6.45, 7) is 2.85. The lowest BCUT2D eigenvalue weighted by Crippen LogP contribution is -2.31. The highest BCUT2D eigenvalue weighted by Crippen LogP contribution is 2.38. The quantitative estimate of drug-likeness (QED) is 0.514. The first-order chi connectivity index (χ1) is 15.1. The molecule has 1 amide bonds. The second kappa shape index (κ2) is 8.99.